The van der Waals surface area contributed by atoms with Crippen LogP contribution in [0.15, 0.2) is 30.3 Å². The number of rotatable bonds is 5. The van der Waals surface area contributed by atoms with Gasteiger partial charge < -0.3 is 10.4 Å². The van der Waals surface area contributed by atoms with Crippen molar-refractivity contribution in [2.24, 2.45) is 5.92 Å². The molecule has 1 amide bonds. The van der Waals surface area contributed by atoms with Gasteiger partial charge in [0.25, 0.3) is 0 Å². The molecular formula is C15H17NO3. The Morgan fingerprint density at radius 3 is 2.79 bits per heavy atom. The topological polar surface area (TPSA) is 66.4 Å². The van der Waals surface area contributed by atoms with Gasteiger partial charge in [0, 0.05) is 18.5 Å². The first-order chi connectivity index (χ1) is 9.15. The smallest absolute Gasteiger partial charge is 0.328 e. The fourth-order valence-corrected chi connectivity index (χ4v) is 1.98. The van der Waals surface area contributed by atoms with E-state index in [0.29, 0.717) is 6.54 Å². The number of benzene rings is 1. The van der Waals surface area contributed by atoms with Crippen LogP contribution in [0, 0.1) is 5.92 Å². The van der Waals surface area contributed by atoms with E-state index in [9.17, 15) is 9.59 Å². The van der Waals surface area contributed by atoms with E-state index < -0.39 is 5.97 Å². The standard InChI is InChI=1S/C15H17NO3/c17-14(18)8-7-11-3-1-4-12(9-11)10-16-15(19)13-5-2-6-13/h1,3-4,7-9,13H,2,5-6,10H2,(H,16,19)(H,17,18). The largest absolute Gasteiger partial charge is 0.478 e. The number of carboxylic acid groups (broad SMARTS) is 1. The van der Waals surface area contributed by atoms with Crippen LogP contribution in [0.4, 0.5) is 0 Å². The third-order valence-corrected chi connectivity index (χ3v) is 3.31. The number of hydrogen-bond acceptors (Lipinski definition) is 2. The highest BCUT2D eigenvalue weighted by molar-refractivity contribution is 5.85. The quantitative estimate of drug-likeness (QED) is 0.797. The van der Waals surface area contributed by atoms with Crippen molar-refractivity contribution in [3.05, 3.63) is 41.5 Å². The Morgan fingerprint density at radius 1 is 1.37 bits per heavy atom. The van der Waals surface area contributed by atoms with Gasteiger partial charge in [-0.2, -0.15) is 0 Å². The van der Waals surface area contributed by atoms with Crippen molar-refractivity contribution >= 4 is 18.0 Å². The maximum Gasteiger partial charge on any atom is 0.328 e. The molecule has 0 unspecified atom stereocenters. The van der Waals surface area contributed by atoms with Crippen LogP contribution < -0.4 is 5.32 Å². The van der Waals surface area contributed by atoms with Crippen molar-refractivity contribution in [1.82, 2.24) is 5.32 Å². The third-order valence-electron chi connectivity index (χ3n) is 3.31. The minimum atomic E-state index is -0.969. The van der Waals surface area contributed by atoms with E-state index in [1.165, 1.54) is 0 Å². The number of carbonyl (C=O) groups is 2. The average molecular weight is 259 g/mol. The lowest BCUT2D eigenvalue weighted by Gasteiger charge is -2.24. The molecule has 0 spiro atoms. The highest BCUT2D eigenvalue weighted by Crippen LogP contribution is 2.26. The molecule has 100 valence electrons. The Labute approximate surface area is 112 Å². The molecule has 0 heterocycles. The highest BCUT2D eigenvalue weighted by atomic mass is 16.4. The van der Waals surface area contributed by atoms with Crippen molar-refractivity contribution in [1.29, 1.82) is 0 Å². The molecule has 0 atom stereocenters. The molecule has 19 heavy (non-hydrogen) atoms. The molecule has 1 aliphatic carbocycles. The van der Waals surface area contributed by atoms with Gasteiger partial charge in [-0.05, 0) is 36.1 Å². The second-order valence-electron chi connectivity index (χ2n) is 4.76. The van der Waals surface area contributed by atoms with Crippen molar-refractivity contribution in [2.75, 3.05) is 0 Å². The number of amides is 1. The molecule has 4 heteroatoms. The van der Waals surface area contributed by atoms with Crippen molar-refractivity contribution in [3.8, 4) is 0 Å². The lowest BCUT2D eigenvalue weighted by molar-refractivity contribution is -0.131. The predicted molar refractivity (Wildman–Crippen MR) is 72.3 cm³/mol. The first-order valence-corrected chi connectivity index (χ1v) is 6.43. The van der Waals surface area contributed by atoms with E-state index in [1.807, 2.05) is 24.3 Å². The van der Waals surface area contributed by atoms with Crippen LogP contribution in [0.1, 0.15) is 30.4 Å². The summed E-state index contributed by atoms with van der Waals surface area (Å²) in [5, 5.41) is 11.5. The zero-order valence-electron chi connectivity index (χ0n) is 10.6. The SMILES string of the molecule is O=C(O)C=Cc1cccc(CNC(=O)C2CCC2)c1. The molecule has 0 radical (unpaired) electrons. The Kier molecular flexibility index (Phi) is 4.34. The molecule has 1 aliphatic rings. The molecule has 1 fully saturated rings. The van der Waals surface area contributed by atoms with E-state index in [4.69, 9.17) is 5.11 Å². The van der Waals surface area contributed by atoms with Gasteiger partial charge in [0.2, 0.25) is 5.91 Å². The molecular weight excluding hydrogens is 242 g/mol. The minimum absolute atomic E-state index is 0.123. The summed E-state index contributed by atoms with van der Waals surface area (Å²) in [7, 11) is 0. The second-order valence-corrected chi connectivity index (χ2v) is 4.76. The van der Waals surface area contributed by atoms with E-state index in [1.54, 1.807) is 6.08 Å². The second kappa shape index (κ2) is 6.18. The van der Waals surface area contributed by atoms with Gasteiger partial charge in [-0.3, -0.25) is 4.79 Å². The monoisotopic (exact) mass is 259 g/mol. The fraction of sp³-hybridized carbons (Fsp3) is 0.333. The first-order valence-electron chi connectivity index (χ1n) is 6.43. The Hall–Kier alpha value is -2.10. The van der Waals surface area contributed by atoms with Crippen LogP contribution in [0.2, 0.25) is 0 Å². The van der Waals surface area contributed by atoms with Crippen LogP contribution in [0.3, 0.4) is 0 Å². The number of aliphatic carboxylic acids is 1. The summed E-state index contributed by atoms with van der Waals surface area (Å²) in [5.74, 6) is -0.656. The summed E-state index contributed by atoms with van der Waals surface area (Å²) in [6.45, 7) is 0.490. The summed E-state index contributed by atoms with van der Waals surface area (Å²) >= 11 is 0. The molecule has 4 nitrogen and oxygen atoms in total. The fourth-order valence-electron chi connectivity index (χ4n) is 1.98. The van der Waals surface area contributed by atoms with Crippen LogP contribution >= 0.6 is 0 Å². The van der Waals surface area contributed by atoms with Crippen LogP contribution in [0.25, 0.3) is 6.08 Å². The number of carboxylic acids is 1. The first kappa shape index (κ1) is 13.3. The summed E-state index contributed by atoms with van der Waals surface area (Å²) in [5.41, 5.74) is 1.79. The van der Waals surface area contributed by atoms with Crippen molar-refractivity contribution in [2.45, 2.75) is 25.8 Å². The predicted octanol–water partition coefficient (Wildman–Crippen LogP) is 2.20. The lowest BCUT2D eigenvalue weighted by Crippen LogP contribution is -2.33. The van der Waals surface area contributed by atoms with Gasteiger partial charge in [-0.25, -0.2) is 4.79 Å². The molecule has 2 N–H and O–H groups in total. The molecule has 0 aliphatic heterocycles. The number of carbonyl (C=O) groups excluding carboxylic acids is 1. The van der Waals surface area contributed by atoms with Gasteiger partial charge in [-0.15, -0.1) is 0 Å². The van der Waals surface area contributed by atoms with Gasteiger partial charge in [0.15, 0.2) is 0 Å². The van der Waals surface area contributed by atoms with Gasteiger partial charge >= 0.3 is 5.97 Å². The molecule has 0 bridgehead atoms. The summed E-state index contributed by atoms with van der Waals surface area (Å²) in [4.78, 5) is 22.1. The molecule has 1 aromatic rings. The van der Waals surface area contributed by atoms with E-state index in [0.717, 1.165) is 36.5 Å². The van der Waals surface area contributed by atoms with Gasteiger partial charge in [0.05, 0.1) is 0 Å². The third kappa shape index (κ3) is 3.95. The van der Waals surface area contributed by atoms with E-state index in [2.05, 4.69) is 5.32 Å². The maximum absolute atomic E-state index is 11.7. The van der Waals surface area contributed by atoms with Gasteiger partial charge in [-0.1, -0.05) is 24.6 Å². The zero-order chi connectivity index (χ0) is 13.7. The lowest BCUT2D eigenvalue weighted by atomic mass is 9.85. The van der Waals surface area contributed by atoms with Crippen LogP contribution in [-0.4, -0.2) is 17.0 Å². The van der Waals surface area contributed by atoms with E-state index in [-0.39, 0.29) is 11.8 Å². The van der Waals surface area contributed by atoms with E-state index >= 15 is 0 Å². The average Bonchev–Trinajstić information content (AvgIpc) is 2.32. The van der Waals surface area contributed by atoms with Crippen molar-refractivity contribution in [3.63, 3.8) is 0 Å². The molecule has 2 rings (SSSR count). The number of nitrogens with one attached hydrogen (secondary N) is 1. The molecule has 0 aromatic heterocycles. The Bertz CT molecular complexity index is 504. The van der Waals surface area contributed by atoms with Crippen molar-refractivity contribution < 1.29 is 14.7 Å². The number of hydrogen-bond donors (Lipinski definition) is 2. The highest BCUT2D eigenvalue weighted by Gasteiger charge is 2.24. The zero-order valence-corrected chi connectivity index (χ0v) is 10.6. The maximum atomic E-state index is 11.7. The molecule has 0 saturated heterocycles. The Morgan fingerprint density at radius 2 is 2.16 bits per heavy atom. The van der Waals surface area contributed by atoms with Gasteiger partial charge in [0.1, 0.15) is 0 Å². The molecule has 1 saturated carbocycles. The van der Waals surface area contributed by atoms with Crippen LogP contribution in [0.5, 0.6) is 0 Å². The normalized spacial score (nSPS) is 15.2. The summed E-state index contributed by atoms with van der Waals surface area (Å²) in [6, 6.07) is 7.47. The summed E-state index contributed by atoms with van der Waals surface area (Å²) < 4.78 is 0. The Balaban J connectivity index is 1.91. The van der Waals surface area contributed by atoms with Crippen LogP contribution in [-0.2, 0) is 16.1 Å². The minimum Gasteiger partial charge on any atom is -0.478 e. The summed E-state index contributed by atoms with van der Waals surface area (Å²) in [6.07, 6.45) is 5.78. The molecule has 1 aromatic carbocycles.